The average molecular weight is 492 g/mol. The van der Waals surface area contributed by atoms with Crippen molar-refractivity contribution in [2.75, 3.05) is 18.7 Å². The third-order valence-corrected chi connectivity index (χ3v) is 5.42. The molecule has 0 saturated heterocycles. The minimum Gasteiger partial charge on any atom is -0.493 e. The number of alkyl halides is 3. The molecule has 0 aliphatic rings. The number of amides is 1. The number of sulfone groups is 1. The zero-order valence-electron chi connectivity index (χ0n) is 17.5. The molecule has 1 N–H and O–H groups in total. The van der Waals surface area contributed by atoms with Gasteiger partial charge in [0.2, 0.25) is 0 Å². The van der Waals surface area contributed by atoms with E-state index < -0.39 is 39.1 Å². The number of aromatic nitrogens is 2. The molecular weight excluding hydrogens is 477 g/mol. The Labute approximate surface area is 191 Å². The van der Waals surface area contributed by atoms with E-state index in [1.54, 1.807) is 0 Å². The first-order valence-electron chi connectivity index (χ1n) is 9.24. The smallest absolute Gasteiger partial charge is 0.435 e. The van der Waals surface area contributed by atoms with Crippen molar-refractivity contribution in [3.63, 3.8) is 0 Å². The summed E-state index contributed by atoms with van der Waals surface area (Å²) in [7, 11) is -2.32. The quantitative estimate of drug-likeness (QED) is 0.549. The fraction of sp³-hybridized carbons (Fsp3) is 0.143. The van der Waals surface area contributed by atoms with Crippen LogP contribution in [0.2, 0.25) is 0 Å². The number of hydrogen-bond donors (Lipinski definition) is 1. The standard InChI is InChI=1S/C21H15F3N4O5S/c1-32-17-8-12(11-25)6-7-16(17)33-20-15(10-18(27-28-20)21(22,23)24)19(29)26-13-4-3-5-14(9-13)34(2,30)31/h3-10H,1-2H3,(H,26,29). The molecule has 34 heavy (non-hydrogen) atoms. The zero-order chi connectivity index (χ0) is 25.1. The van der Waals surface area contributed by atoms with Gasteiger partial charge in [-0.3, -0.25) is 4.79 Å². The molecule has 0 bridgehead atoms. The minimum absolute atomic E-state index is 0.0141. The summed E-state index contributed by atoms with van der Waals surface area (Å²) in [4.78, 5) is 12.8. The summed E-state index contributed by atoms with van der Waals surface area (Å²) in [5.74, 6) is -1.61. The van der Waals surface area contributed by atoms with Crippen LogP contribution in [0.3, 0.4) is 0 Å². The Morgan fingerprint density at radius 2 is 1.82 bits per heavy atom. The Morgan fingerprint density at radius 3 is 2.44 bits per heavy atom. The summed E-state index contributed by atoms with van der Waals surface area (Å²) in [6, 6.07) is 11.5. The Hall–Kier alpha value is -4.18. The molecule has 3 aromatic rings. The molecule has 0 unspecified atom stereocenters. The van der Waals surface area contributed by atoms with Gasteiger partial charge in [0.1, 0.15) is 5.56 Å². The lowest BCUT2D eigenvalue weighted by molar-refractivity contribution is -0.141. The Kier molecular flexibility index (Phi) is 6.73. The lowest BCUT2D eigenvalue weighted by Crippen LogP contribution is -2.18. The molecule has 3 rings (SSSR count). The molecular formula is C21H15F3N4O5S. The highest BCUT2D eigenvalue weighted by molar-refractivity contribution is 7.90. The molecule has 0 atom stereocenters. The first kappa shape index (κ1) is 24.5. The van der Waals surface area contributed by atoms with Gasteiger partial charge in [-0.1, -0.05) is 6.07 Å². The predicted molar refractivity (Wildman–Crippen MR) is 112 cm³/mol. The van der Waals surface area contributed by atoms with Crippen LogP contribution in [0.5, 0.6) is 17.4 Å². The summed E-state index contributed by atoms with van der Waals surface area (Å²) in [6.07, 6.45) is -3.93. The number of carbonyl (C=O) groups is 1. The fourth-order valence-corrected chi connectivity index (χ4v) is 3.35. The van der Waals surface area contributed by atoms with Gasteiger partial charge in [0.25, 0.3) is 11.8 Å². The number of methoxy groups -OCH3 is 1. The van der Waals surface area contributed by atoms with Gasteiger partial charge in [-0.05, 0) is 36.4 Å². The largest absolute Gasteiger partial charge is 0.493 e. The molecule has 9 nitrogen and oxygen atoms in total. The van der Waals surface area contributed by atoms with Crippen LogP contribution in [-0.2, 0) is 16.0 Å². The monoisotopic (exact) mass is 492 g/mol. The van der Waals surface area contributed by atoms with E-state index in [9.17, 15) is 26.4 Å². The van der Waals surface area contributed by atoms with E-state index >= 15 is 0 Å². The molecule has 2 aromatic carbocycles. The van der Waals surface area contributed by atoms with Crippen molar-refractivity contribution < 1.29 is 35.9 Å². The van der Waals surface area contributed by atoms with E-state index in [4.69, 9.17) is 14.7 Å². The van der Waals surface area contributed by atoms with Crippen LogP contribution in [-0.4, -0.2) is 37.9 Å². The Morgan fingerprint density at radius 1 is 1.09 bits per heavy atom. The molecule has 1 aromatic heterocycles. The van der Waals surface area contributed by atoms with E-state index in [1.165, 1.54) is 43.5 Å². The number of halogens is 3. The molecule has 0 radical (unpaired) electrons. The Bertz CT molecular complexity index is 1400. The lowest BCUT2D eigenvalue weighted by Gasteiger charge is -2.14. The van der Waals surface area contributed by atoms with Gasteiger partial charge in [-0.25, -0.2) is 8.42 Å². The van der Waals surface area contributed by atoms with E-state index in [-0.39, 0.29) is 27.6 Å². The maximum atomic E-state index is 13.2. The highest BCUT2D eigenvalue weighted by Crippen LogP contribution is 2.35. The van der Waals surface area contributed by atoms with Gasteiger partial charge < -0.3 is 14.8 Å². The number of nitrogens with zero attached hydrogens (tertiary/aromatic N) is 3. The van der Waals surface area contributed by atoms with Crippen molar-refractivity contribution in [3.05, 3.63) is 65.4 Å². The third-order valence-electron chi connectivity index (χ3n) is 4.31. The fourth-order valence-electron chi connectivity index (χ4n) is 2.69. The van der Waals surface area contributed by atoms with Crippen LogP contribution in [0.25, 0.3) is 0 Å². The molecule has 0 aliphatic heterocycles. The first-order valence-corrected chi connectivity index (χ1v) is 11.1. The maximum Gasteiger partial charge on any atom is 0.435 e. The molecule has 0 aliphatic carbocycles. The first-order chi connectivity index (χ1) is 15.9. The number of benzene rings is 2. The summed E-state index contributed by atoms with van der Waals surface area (Å²) in [5.41, 5.74) is -1.83. The topological polar surface area (TPSA) is 131 Å². The average Bonchev–Trinajstić information content (AvgIpc) is 2.78. The molecule has 1 amide bonds. The highest BCUT2D eigenvalue weighted by Gasteiger charge is 2.35. The molecule has 0 fully saturated rings. The molecule has 0 saturated carbocycles. The van der Waals surface area contributed by atoms with Crippen molar-refractivity contribution >= 4 is 21.4 Å². The van der Waals surface area contributed by atoms with Crippen LogP contribution in [0.15, 0.2) is 53.4 Å². The van der Waals surface area contributed by atoms with Crippen molar-refractivity contribution in [1.82, 2.24) is 10.2 Å². The van der Waals surface area contributed by atoms with Gasteiger partial charge in [-0.2, -0.15) is 18.4 Å². The number of ether oxygens (including phenoxy) is 2. The van der Waals surface area contributed by atoms with Crippen molar-refractivity contribution in [2.45, 2.75) is 11.1 Å². The molecule has 13 heteroatoms. The lowest BCUT2D eigenvalue weighted by atomic mass is 10.2. The summed E-state index contributed by atoms with van der Waals surface area (Å²) in [6.45, 7) is 0. The van der Waals surface area contributed by atoms with Gasteiger partial charge in [0, 0.05) is 18.0 Å². The van der Waals surface area contributed by atoms with Crippen LogP contribution in [0, 0.1) is 11.3 Å². The maximum absolute atomic E-state index is 13.2. The van der Waals surface area contributed by atoms with Gasteiger partial charge in [0.15, 0.2) is 27.0 Å². The van der Waals surface area contributed by atoms with Gasteiger partial charge >= 0.3 is 6.18 Å². The predicted octanol–water partition coefficient (Wildman–Crippen LogP) is 3.82. The highest BCUT2D eigenvalue weighted by atomic mass is 32.2. The molecule has 0 spiro atoms. The number of hydrogen-bond acceptors (Lipinski definition) is 8. The van der Waals surface area contributed by atoms with Crippen molar-refractivity contribution in [3.8, 4) is 23.4 Å². The Balaban J connectivity index is 2.03. The molecule has 1 heterocycles. The van der Waals surface area contributed by atoms with E-state index in [1.807, 2.05) is 6.07 Å². The van der Waals surface area contributed by atoms with E-state index in [0.29, 0.717) is 6.07 Å². The number of anilines is 1. The molecule has 176 valence electrons. The van der Waals surface area contributed by atoms with Gasteiger partial charge in [-0.15, -0.1) is 10.2 Å². The zero-order valence-corrected chi connectivity index (χ0v) is 18.4. The van der Waals surface area contributed by atoms with Crippen LogP contribution >= 0.6 is 0 Å². The number of rotatable bonds is 6. The van der Waals surface area contributed by atoms with Crippen molar-refractivity contribution in [2.24, 2.45) is 0 Å². The normalized spacial score (nSPS) is 11.4. The van der Waals surface area contributed by atoms with Gasteiger partial charge in [0.05, 0.1) is 23.6 Å². The number of nitriles is 1. The second-order valence-corrected chi connectivity index (χ2v) is 8.80. The van der Waals surface area contributed by atoms with Crippen LogP contribution in [0.1, 0.15) is 21.6 Å². The number of nitrogens with one attached hydrogen (secondary N) is 1. The van der Waals surface area contributed by atoms with E-state index in [2.05, 4.69) is 15.5 Å². The van der Waals surface area contributed by atoms with E-state index in [0.717, 1.165) is 12.3 Å². The van der Waals surface area contributed by atoms with Crippen molar-refractivity contribution in [1.29, 1.82) is 5.26 Å². The summed E-state index contributed by atoms with van der Waals surface area (Å²) < 4.78 is 73.8. The number of carbonyl (C=O) groups excluding carboxylic acids is 1. The summed E-state index contributed by atoms with van der Waals surface area (Å²) in [5, 5.41) is 17.8. The van der Waals surface area contributed by atoms with Crippen LogP contribution < -0.4 is 14.8 Å². The summed E-state index contributed by atoms with van der Waals surface area (Å²) >= 11 is 0. The minimum atomic E-state index is -4.90. The SMILES string of the molecule is COc1cc(C#N)ccc1Oc1nnc(C(F)(F)F)cc1C(=O)Nc1cccc(S(C)(=O)=O)c1. The third kappa shape index (κ3) is 5.59. The second kappa shape index (κ2) is 9.36. The van der Waals surface area contributed by atoms with Crippen LogP contribution in [0.4, 0.5) is 18.9 Å². The second-order valence-electron chi connectivity index (χ2n) is 6.78.